The molecule has 2 N–H and O–H groups in total. The molecule has 0 saturated heterocycles. The highest BCUT2D eigenvalue weighted by Crippen LogP contribution is 2.23. The van der Waals surface area contributed by atoms with Crippen LogP contribution in [0.4, 0.5) is 0 Å². The molecule has 1 aromatic heterocycles. The first kappa shape index (κ1) is 15.4. The minimum atomic E-state index is -0.815. The number of thioether (sulfide) groups is 1. The van der Waals surface area contributed by atoms with Gasteiger partial charge in [-0.25, -0.2) is 0 Å². The Morgan fingerprint density at radius 1 is 1.50 bits per heavy atom. The molecule has 0 aliphatic rings. The molecule has 1 atom stereocenters. The van der Waals surface area contributed by atoms with E-state index in [4.69, 9.17) is 5.11 Å². The molecule has 0 spiro atoms. The van der Waals surface area contributed by atoms with Crippen LogP contribution >= 0.6 is 23.1 Å². The van der Waals surface area contributed by atoms with Crippen molar-refractivity contribution in [3.63, 3.8) is 0 Å². The molecule has 0 aromatic carbocycles. The third-order valence-corrected chi connectivity index (χ3v) is 4.89. The van der Waals surface area contributed by atoms with Crippen molar-refractivity contribution in [2.75, 3.05) is 12.8 Å². The molecule has 1 heterocycles. The van der Waals surface area contributed by atoms with Crippen LogP contribution in [-0.2, 0) is 4.79 Å². The number of aliphatic carboxylic acids is 1. The second-order valence-corrected chi connectivity index (χ2v) is 6.80. The monoisotopic (exact) mass is 289 g/mol. The van der Waals surface area contributed by atoms with Gasteiger partial charge >= 0.3 is 5.97 Å². The fourth-order valence-corrected chi connectivity index (χ4v) is 3.30. The maximum Gasteiger partial charge on any atom is 0.323 e. The van der Waals surface area contributed by atoms with Crippen LogP contribution < -0.4 is 5.32 Å². The van der Waals surface area contributed by atoms with E-state index in [9.17, 15) is 4.79 Å². The number of rotatable bonds is 8. The Bertz CT molecular complexity index is 397. The lowest BCUT2D eigenvalue weighted by Crippen LogP contribution is -2.47. The number of carboxylic acid groups (broad SMARTS) is 1. The number of carboxylic acids is 1. The van der Waals surface area contributed by atoms with Gasteiger partial charge in [-0.3, -0.25) is 4.79 Å². The number of unbranched alkanes of at least 4 members (excludes halogenated alkanes) is 1. The van der Waals surface area contributed by atoms with E-state index in [1.807, 2.05) is 6.92 Å². The van der Waals surface area contributed by atoms with Crippen molar-refractivity contribution in [2.24, 2.45) is 0 Å². The van der Waals surface area contributed by atoms with Crippen LogP contribution in [-0.4, -0.2) is 39.6 Å². The van der Waals surface area contributed by atoms with Crippen molar-refractivity contribution < 1.29 is 9.90 Å². The fourth-order valence-electron chi connectivity index (χ4n) is 1.42. The summed E-state index contributed by atoms with van der Waals surface area (Å²) >= 11 is 3.28. The van der Waals surface area contributed by atoms with Crippen molar-refractivity contribution >= 4 is 29.1 Å². The molecule has 0 radical (unpaired) electrons. The molecule has 18 heavy (non-hydrogen) atoms. The van der Waals surface area contributed by atoms with Crippen LogP contribution in [0.15, 0.2) is 4.34 Å². The standard InChI is InChI=1S/C11H19N3O2S2/c1-8-13-14-10(18-8)17-7-5-4-6-11(2,12-3)9(15)16/h12H,4-7H2,1-3H3,(H,15,16). The molecule has 7 heteroatoms. The highest BCUT2D eigenvalue weighted by molar-refractivity contribution is 8.01. The summed E-state index contributed by atoms with van der Waals surface area (Å²) < 4.78 is 0.988. The van der Waals surface area contributed by atoms with Crippen LogP contribution in [0.2, 0.25) is 0 Å². The summed E-state index contributed by atoms with van der Waals surface area (Å²) in [6, 6.07) is 0. The zero-order valence-electron chi connectivity index (χ0n) is 10.9. The van der Waals surface area contributed by atoms with Gasteiger partial charge in [0.05, 0.1) is 0 Å². The topological polar surface area (TPSA) is 75.1 Å². The van der Waals surface area contributed by atoms with Gasteiger partial charge in [0.25, 0.3) is 0 Å². The summed E-state index contributed by atoms with van der Waals surface area (Å²) in [4.78, 5) is 11.1. The number of nitrogens with zero attached hydrogens (tertiary/aromatic N) is 2. The minimum Gasteiger partial charge on any atom is -0.480 e. The molecule has 1 rings (SSSR count). The first-order chi connectivity index (χ1) is 8.48. The Hall–Kier alpha value is -0.660. The molecule has 0 aliphatic heterocycles. The number of aryl methyl sites for hydroxylation is 1. The molecule has 102 valence electrons. The van der Waals surface area contributed by atoms with Gasteiger partial charge in [0.1, 0.15) is 10.5 Å². The predicted molar refractivity (Wildman–Crippen MR) is 74.3 cm³/mol. The van der Waals surface area contributed by atoms with Crippen LogP contribution in [0.1, 0.15) is 31.2 Å². The van der Waals surface area contributed by atoms with Crippen LogP contribution in [0.3, 0.4) is 0 Å². The maximum atomic E-state index is 11.1. The van der Waals surface area contributed by atoms with Crippen molar-refractivity contribution in [3.05, 3.63) is 5.01 Å². The Morgan fingerprint density at radius 3 is 2.72 bits per heavy atom. The quantitative estimate of drug-likeness (QED) is 0.564. The Balaban J connectivity index is 2.20. The fraction of sp³-hybridized carbons (Fsp3) is 0.727. The highest BCUT2D eigenvalue weighted by Gasteiger charge is 2.29. The van der Waals surface area contributed by atoms with E-state index in [2.05, 4.69) is 15.5 Å². The van der Waals surface area contributed by atoms with Gasteiger partial charge in [0.2, 0.25) is 0 Å². The zero-order chi connectivity index (χ0) is 13.6. The summed E-state index contributed by atoms with van der Waals surface area (Å²) in [5.74, 6) is 0.158. The lowest BCUT2D eigenvalue weighted by Gasteiger charge is -2.23. The molecule has 0 amide bonds. The van der Waals surface area contributed by atoms with E-state index in [-0.39, 0.29) is 0 Å². The molecular weight excluding hydrogens is 270 g/mol. The molecule has 0 aliphatic carbocycles. The molecule has 1 aromatic rings. The number of nitrogens with one attached hydrogen (secondary N) is 1. The molecule has 0 saturated carbocycles. The van der Waals surface area contributed by atoms with E-state index in [1.54, 1.807) is 37.1 Å². The van der Waals surface area contributed by atoms with Crippen LogP contribution in [0.25, 0.3) is 0 Å². The van der Waals surface area contributed by atoms with E-state index >= 15 is 0 Å². The van der Waals surface area contributed by atoms with Crippen molar-refractivity contribution in [1.29, 1.82) is 0 Å². The Morgan fingerprint density at radius 2 is 2.22 bits per heavy atom. The Kier molecular flexibility index (Phi) is 6.04. The van der Waals surface area contributed by atoms with Gasteiger partial charge in [-0.15, -0.1) is 10.2 Å². The van der Waals surface area contributed by atoms with E-state index in [1.165, 1.54) is 0 Å². The summed E-state index contributed by atoms with van der Waals surface area (Å²) in [7, 11) is 1.69. The zero-order valence-corrected chi connectivity index (χ0v) is 12.5. The molecule has 0 fully saturated rings. The number of aromatic nitrogens is 2. The van der Waals surface area contributed by atoms with Crippen molar-refractivity contribution in [3.8, 4) is 0 Å². The normalized spacial score (nSPS) is 14.4. The van der Waals surface area contributed by atoms with Gasteiger partial charge in [-0.2, -0.15) is 0 Å². The summed E-state index contributed by atoms with van der Waals surface area (Å²) in [6.07, 6.45) is 2.50. The number of carbonyl (C=O) groups is 1. The second-order valence-electron chi connectivity index (χ2n) is 4.28. The highest BCUT2D eigenvalue weighted by atomic mass is 32.2. The lowest BCUT2D eigenvalue weighted by atomic mass is 9.95. The maximum absolute atomic E-state index is 11.1. The number of hydrogen-bond donors (Lipinski definition) is 2. The third-order valence-electron chi connectivity index (χ3n) is 2.83. The molecule has 5 nitrogen and oxygen atoms in total. The first-order valence-electron chi connectivity index (χ1n) is 5.83. The van der Waals surface area contributed by atoms with Crippen molar-refractivity contribution in [1.82, 2.24) is 15.5 Å². The number of likely N-dealkylation sites (N-methyl/N-ethyl adjacent to an activating group) is 1. The van der Waals surface area contributed by atoms with Gasteiger partial charge in [-0.1, -0.05) is 29.5 Å². The van der Waals surface area contributed by atoms with Crippen LogP contribution in [0, 0.1) is 6.92 Å². The minimum absolute atomic E-state index is 0.633. The smallest absolute Gasteiger partial charge is 0.323 e. The summed E-state index contributed by atoms with van der Waals surface area (Å²) in [5, 5.41) is 20.9. The SMILES string of the molecule is CNC(C)(CCCCSc1nnc(C)s1)C(=O)O. The van der Waals surface area contributed by atoms with Crippen molar-refractivity contribution in [2.45, 2.75) is 43.0 Å². The van der Waals surface area contributed by atoms with E-state index in [0.29, 0.717) is 6.42 Å². The van der Waals surface area contributed by atoms with E-state index < -0.39 is 11.5 Å². The van der Waals surface area contributed by atoms with E-state index in [0.717, 1.165) is 27.9 Å². The van der Waals surface area contributed by atoms with Crippen LogP contribution in [0.5, 0.6) is 0 Å². The lowest BCUT2D eigenvalue weighted by molar-refractivity contribution is -0.144. The predicted octanol–water partition coefficient (Wildman–Crippen LogP) is 2.17. The van der Waals surface area contributed by atoms with Gasteiger partial charge in [-0.05, 0) is 33.7 Å². The molecule has 0 bridgehead atoms. The number of hydrogen-bond acceptors (Lipinski definition) is 6. The largest absolute Gasteiger partial charge is 0.480 e. The van der Waals surface area contributed by atoms with Gasteiger partial charge < -0.3 is 10.4 Å². The van der Waals surface area contributed by atoms with Gasteiger partial charge in [0, 0.05) is 5.75 Å². The second kappa shape index (κ2) is 7.06. The first-order valence-corrected chi connectivity index (χ1v) is 7.63. The van der Waals surface area contributed by atoms with Gasteiger partial charge in [0.15, 0.2) is 4.34 Å². The molecular formula is C11H19N3O2S2. The summed E-state index contributed by atoms with van der Waals surface area (Å²) in [6.45, 7) is 3.66. The Labute approximate surface area is 115 Å². The third kappa shape index (κ3) is 4.55. The average Bonchev–Trinajstić information content (AvgIpc) is 2.74. The molecule has 1 unspecified atom stereocenters. The average molecular weight is 289 g/mol. The summed E-state index contributed by atoms with van der Waals surface area (Å²) in [5.41, 5.74) is -0.815.